The number of aliphatic hydroxyl groups is 1. The van der Waals surface area contributed by atoms with Gasteiger partial charge in [-0.15, -0.1) is 0 Å². The van der Waals surface area contributed by atoms with E-state index in [2.05, 4.69) is 9.97 Å². The number of anilines is 1. The zero-order valence-corrected chi connectivity index (χ0v) is 16.4. The molecule has 1 atom stereocenters. The minimum absolute atomic E-state index is 0.103. The van der Waals surface area contributed by atoms with Crippen molar-refractivity contribution in [2.24, 2.45) is 0 Å². The number of phenolic OH excluding ortho intramolecular Hbond substituents is 1. The van der Waals surface area contributed by atoms with E-state index >= 15 is 0 Å². The number of nitrogens with zero attached hydrogens (tertiary/aromatic N) is 2. The lowest BCUT2D eigenvalue weighted by Gasteiger charge is -2.25. The van der Waals surface area contributed by atoms with Crippen LogP contribution in [0.15, 0.2) is 65.0 Å². The number of amides is 1. The van der Waals surface area contributed by atoms with Crippen molar-refractivity contribution in [3.05, 3.63) is 83.3 Å². The zero-order chi connectivity index (χ0) is 21.0. The predicted molar refractivity (Wildman–Crippen MR) is 112 cm³/mol. The van der Waals surface area contributed by atoms with Gasteiger partial charge < -0.3 is 19.6 Å². The Morgan fingerprint density at radius 2 is 1.83 bits per heavy atom. The summed E-state index contributed by atoms with van der Waals surface area (Å²) in [5.41, 5.74) is 4.18. The van der Waals surface area contributed by atoms with E-state index in [-0.39, 0.29) is 11.5 Å². The number of hydrogen-bond acceptors (Lipinski definition) is 5. The van der Waals surface area contributed by atoms with Crippen molar-refractivity contribution in [2.45, 2.75) is 19.9 Å². The summed E-state index contributed by atoms with van der Waals surface area (Å²) in [4.78, 5) is 22.0. The molecule has 0 radical (unpaired) electrons. The monoisotopic (exact) mass is 401 g/mol. The summed E-state index contributed by atoms with van der Waals surface area (Å²) in [6.07, 6.45) is 1.59. The fourth-order valence-corrected chi connectivity index (χ4v) is 3.89. The fourth-order valence-electron chi connectivity index (χ4n) is 3.89. The largest absolute Gasteiger partial charge is 0.508 e. The molecule has 1 unspecified atom stereocenters. The highest BCUT2D eigenvalue weighted by Crippen LogP contribution is 2.46. The molecular formula is C23H19N3O4. The van der Waals surface area contributed by atoms with Crippen LogP contribution in [0, 0.1) is 13.8 Å². The van der Waals surface area contributed by atoms with Gasteiger partial charge in [0.2, 0.25) is 0 Å². The van der Waals surface area contributed by atoms with Gasteiger partial charge in [-0.1, -0.05) is 12.1 Å². The van der Waals surface area contributed by atoms with Gasteiger partial charge in [-0.3, -0.25) is 9.69 Å². The number of H-pyrrole nitrogens is 1. The summed E-state index contributed by atoms with van der Waals surface area (Å²) < 4.78 is 5.99. The molecule has 1 aliphatic heterocycles. The van der Waals surface area contributed by atoms with Gasteiger partial charge >= 0.3 is 0 Å². The van der Waals surface area contributed by atoms with Gasteiger partial charge in [0.05, 0.1) is 17.4 Å². The normalized spacial score (nSPS) is 16.8. The molecule has 1 aliphatic rings. The molecule has 7 heteroatoms. The minimum atomic E-state index is -0.658. The van der Waals surface area contributed by atoms with E-state index in [4.69, 9.17) is 4.42 Å². The molecule has 0 saturated carbocycles. The first-order chi connectivity index (χ1) is 14.4. The molecule has 30 heavy (non-hydrogen) atoms. The first-order valence-electron chi connectivity index (χ1n) is 9.50. The molecule has 0 fully saturated rings. The Hall–Kier alpha value is -4.00. The number of benzene rings is 2. The van der Waals surface area contributed by atoms with Crippen molar-refractivity contribution >= 4 is 28.2 Å². The van der Waals surface area contributed by atoms with E-state index in [9.17, 15) is 15.0 Å². The molecule has 150 valence electrons. The molecule has 1 amide bonds. The predicted octanol–water partition coefficient (Wildman–Crippen LogP) is 4.54. The first-order valence-corrected chi connectivity index (χ1v) is 9.50. The van der Waals surface area contributed by atoms with Crippen molar-refractivity contribution in [1.82, 2.24) is 9.97 Å². The maximum Gasteiger partial charge on any atom is 0.294 e. The highest BCUT2D eigenvalue weighted by molar-refractivity contribution is 6.16. The Labute approximate surface area is 171 Å². The van der Waals surface area contributed by atoms with Crippen LogP contribution < -0.4 is 4.90 Å². The number of hydrogen-bond donors (Lipinski definition) is 3. The second-order valence-electron chi connectivity index (χ2n) is 7.38. The lowest BCUT2D eigenvalue weighted by atomic mass is 9.96. The maximum atomic E-state index is 13.2. The lowest BCUT2D eigenvalue weighted by Crippen LogP contribution is -2.29. The first kappa shape index (κ1) is 18.1. The van der Waals surface area contributed by atoms with Crippen molar-refractivity contribution in [1.29, 1.82) is 0 Å². The van der Waals surface area contributed by atoms with E-state index in [0.717, 1.165) is 22.4 Å². The second-order valence-corrected chi connectivity index (χ2v) is 7.38. The van der Waals surface area contributed by atoms with Crippen molar-refractivity contribution in [3.63, 3.8) is 0 Å². The summed E-state index contributed by atoms with van der Waals surface area (Å²) in [5.74, 6) is 0.537. The summed E-state index contributed by atoms with van der Waals surface area (Å²) in [6.45, 7) is 3.80. The van der Waals surface area contributed by atoms with Gasteiger partial charge in [-0.2, -0.15) is 0 Å². The van der Waals surface area contributed by atoms with Crippen LogP contribution in [0.3, 0.4) is 0 Å². The number of aryl methyl sites for hydroxylation is 2. The van der Waals surface area contributed by atoms with Gasteiger partial charge in [0, 0.05) is 11.3 Å². The van der Waals surface area contributed by atoms with Crippen molar-refractivity contribution < 1.29 is 19.4 Å². The molecule has 0 spiro atoms. The van der Waals surface area contributed by atoms with Crippen molar-refractivity contribution in [3.8, 4) is 5.75 Å². The number of phenols is 1. The highest BCUT2D eigenvalue weighted by Gasteiger charge is 2.44. The number of fused-ring (bicyclic) bond motifs is 1. The number of carbonyl (C=O) groups excluding carboxylic acids is 1. The fraction of sp³-hybridized carbons (Fsp3) is 0.130. The molecule has 3 N–H and O–H groups in total. The van der Waals surface area contributed by atoms with Crippen LogP contribution in [0.5, 0.6) is 5.75 Å². The Morgan fingerprint density at radius 1 is 1.07 bits per heavy atom. The van der Waals surface area contributed by atoms with E-state index in [0.29, 0.717) is 22.6 Å². The van der Waals surface area contributed by atoms with E-state index in [1.54, 1.807) is 24.5 Å². The van der Waals surface area contributed by atoms with Crippen LogP contribution in [0.1, 0.15) is 28.7 Å². The molecule has 0 aliphatic carbocycles. The Morgan fingerprint density at radius 3 is 2.53 bits per heavy atom. The molecule has 0 bridgehead atoms. The van der Waals surface area contributed by atoms with Crippen LogP contribution in [0.25, 0.3) is 16.6 Å². The number of imidazole rings is 1. The van der Waals surface area contributed by atoms with Crippen LogP contribution in [0.2, 0.25) is 0 Å². The number of aromatic hydroxyl groups is 1. The summed E-state index contributed by atoms with van der Waals surface area (Å²) in [6, 6.07) is 13.1. The minimum Gasteiger partial charge on any atom is -0.508 e. The van der Waals surface area contributed by atoms with E-state index in [1.165, 1.54) is 17.0 Å². The van der Waals surface area contributed by atoms with Gasteiger partial charge in [0.1, 0.15) is 23.3 Å². The van der Waals surface area contributed by atoms with E-state index < -0.39 is 11.9 Å². The number of carbonyl (C=O) groups is 1. The number of nitrogens with one attached hydrogen (secondary N) is 1. The average Bonchev–Trinajstić information content (AvgIpc) is 3.40. The molecular weight excluding hydrogens is 382 g/mol. The third-order valence-electron chi connectivity index (χ3n) is 5.52. The average molecular weight is 401 g/mol. The number of aromatic nitrogens is 2. The molecule has 5 rings (SSSR count). The molecule has 3 heterocycles. The third-order valence-corrected chi connectivity index (χ3v) is 5.52. The third kappa shape index (κ3) is 2.67. The molecule has 2 aromatic heterocycles. The van der Waals surface area contributed by atoms with Gasteiger partial charge in [-0.25, -0.2) is 4.98 Å². The van der Waals surface area contributed by atoms with Crippen LogP contribution in [0.4, 0.5) is 5.69 Å². The van der Waals surface area contributed by atoms with Gasteiger partial charge in [-0.05, 0) is 61.4 Å². The summed E-state index contributed by atoms with van der Waals surface area (Å²) in [5, 5.41) is 20.5. The number of rotatable bonds is 3. The SMILES string of the molecule is Cc1cc(C2C(c3ccc(O)cc3)=C(O)C(=O)N2c2ccc3nc[nH]c3c2)oc1C. The molecule has 0 saturated heterocycles. The number of aromatic amines is 1. The standard InChI is InChI=1S/C23H19N3O4/c1-12-9-19(30-13(12)2)21-20(14-3-6-16(27)7-4-14)22(28)23(29)26(21)15-5-8-17-18(10-15)25-11-24-17/h3-11,21,27-28H,1-2H3,(H,24,25). The van der Waals surface area contributed by atoms with Crippen LogP contribution >= 0.6 is 0 Å². The maximum absolute atomic E-state index is 13.2. The summed E-state index contributed by atoms with van der Waals surface area (Å²) >= 11 is 0. The quantitative estimate of drug-likeness (QED) is 0.468. The van der Waals surface area contributed by atoms with E-state index in [1.807, 2.05) is 32.0 Å². The lowest BCUT2D eigenvalue weighted by molar-refractivity contribution is -0.117. The van der Waals surface area contributed by atoms with Gasteiger partial charge in [0.25, 0.3) is 5.91 Å². The zero-order valence-electron chi connectivity index (χ0n) is 16.4. The van der Waals surface area contributed by atoms with Crippen LogP contribution in [-0.4, -0.2) is 26.1 Å². The second kappa shape index (κ2) is 6.52. The molecule has 4 aromatic rings. The Bertz CT molecular complexity index is 1290. The molecule has 2 aromatic carbocycles. The summed E-state index contributed by atoms with van der Waals surface area (Å²) in [7, 11) is 0. The van der Waals surface area contributed by atoms with Gasteiger partial charge in [0.15, 0.2) is 5.76 Å². The number of furan rings is 1. The van der Waals surface area contributed by atoms with Crippen molar-refractivity contribution in [2.75, 3.05) is 4.90 Å². The topological polar surface area (TPSA) is 103 Å². The smallest absolute Gasteiger partial charge is 0.294 e. The number of aliphatic hydroxyl groups excluding tert-OH is 1. The Balaban J connectivity index is 1.71. The highest BCUT2D eigenvalue weighted by atomic mass is 16.3. The molecule has 7 nitrogen and oxygen atoms in total. The van der Waals surface area contributed by atoms with Crippen LogP contribution in [-0.2, 0) is 4.79 Å². The Kier molecular flexibility index (Phi) is 3.92.